The topological polar surface area (TPSA) is 49.4 Å². The van der Waals surface area contributed by atoms with Crippen molar-refractivity contribution in [2.24, 2.45) is 0 Å². The van der Waals surface area contributed by atoms with Crippen LogP contribution in [0.2, 0.25) is 0 Å². The summed E-state index contributed by atoms with van der Waals surface area (Å²) in [4.78, 5) is 24.3. The van der Waals surface area contributed by atoms with Crippen LogP contribution >= 0.6 is 0 Å². The molecule has 1 N–H and O–H groups in total. The number of rotatable bonds is 4. The Morgan fingerprint density at radius 3 is 2.41 bits per heavy atom. The van der Waals surface area contributed by atoms with Crippen molar-refractivity contribution in [3.63, 3.8) is 0 Å². The van der Waals surface area contributed by atoms with Gasteiger partial charge >= 0.3 is 12.4 Å². The molecule has 27 heavy (non-hydrogen) atoms. The van der Waals surface area contributed by atoms with Crippen LogP contribution in [0.3, 0.4) is 0 Å². The van der Waals surface area contributed by atoms with Gasteiger partial charge in [-0.25, -0.2) is 4.39 Å². The highest BCUT2D eigenvalue weighted by atomic mass is 19.4. The van der Waals surface area contributed by atoms with Crippen LogP contribution in [0, 0.1) is 5.82 Å². The van der Waals surface area contributed by atoms with Gasteiger partial charge in [0.25, 0.3) is 5.78 Å². The number of alkyl halides is 6. The Morgan fingerprint density at radius 2 is 1.81 bits per heavy atom. The lowest BCUT2D eigenvalue weighted by molar-refractivity contribution is -0.165. The molecule has 1 fully saturated rings. The van der Waals surface area contributed by atoms with E-state index in [0.717, 1.165) is 12.3 Å². The summed E-state index contributed by atoms with van der Waals surface area (Å²) in [6, 6.07) is 0.939. The minimum atomic E-state index is -5.05. The average molecular weight is 398 g/mol. The van der Waals surface area contributed by atoms with Gasteiger partial charge in [-0.2, -0.15) is 26.3 Å². The van der Waals surface area contributed by atoms with Crippen LogP contribution in [0.1, 0.15) is 18.4 Å². The standard InChI is InChI=1S/C16H13F7N2O2/c17-11-4-3-9(8-10(11)15(18,19)20)24-14(27)12-2-1-6-25(12)7-5-13(26)16(21,22)23/h3-5,7-8,12H,1-2,6H2,(H,24,27)/b7-5+/t12-/m1/s1. The van der Waals surface area contributed by atoms with Gasteiger partial charge in [-0.15, -0.1) is 0 Å². The Hall–Kier alpha value is -2.59. The summed E-state index contributed by atoms with van der Waals surface area (Å²) in [5.41, 5.74) is -1.87. The summed E-state index contributed by atoms with van der Waals surface area (Å²) >= 11 is 0. The van der Waals surface area contributed by atoms with Crippen molar-refractivity contribution >= 4 is 17.4 Å². The molecule has 0 radical (unpaired) electrons. The molecule has 1 amide bonds. The van der Waals surface area contributed by atoms with E-state index in [9.17, 15) is 40.3 Å². The molecule has 148 valence electrons. The van der Waals surface area contributed by atoms with Crippen LogP contribution < -0.4 is 5.32 Å². The van der Waals surface area contributed by atoms with Crippen molar-refractivity contribution in [3.8, 4) is 0 Å². The molecule has 1 saturated heterocycles. The number of amides is 1. The maximum atomic E-state index is 13.3. The number of carbonyl (C=O) groups excluding carboxylic acids is 2. The summed E-state index contributed by atoms with van der Waals surface area (Å²) < 4.78 is 88.0. The minimum absolute atomic E-state index is 0.191. The van der Waals surface area contributed by atoms with Gasteiger partial charge in [-0.3, -0.25) is 9.59 Å². The largest absolute Gasteiger partial charge is 0.454 e. The molecule has 1 aliphatic rings. The number of likely N-dealkylation sites (tertiary alicyclic amines) is 1. The molecule has 0 bridgehead atoms. The molecule has 0 saturated carbocycles. The van der Waals surface area contributed by atoms with Gasteiger partial charge in [0, 0.05) is 24.5 Å². The number of ketones is 1. The monoisotopic (exact) mass is 398 g/mol. The number of hydrogen-bond acceptors (Lipinski definition) is 3. The lowest BCUT2D eigenvalue weighted by Gasteiger charge is -2.22. The molecular formula is C16H13F7N2O2. The molecule has 0 spiro atoms. The first-order valence-electron chi connectivity index (χ1n) is 7.62. The second-order valence-electron chi connectivity index (χ2n) is 5.76. The third-order valence-corrected chi connectivity index (χ3v) is 3.83. The van der Waals surface area contributed by atoms with Gasteiger partial charge in [-0.1, -0.05) is 0 Å². The van der Waals surface area contributed by atoms with E-state index in [0.29, 0.717) is 18.6 Å². The van der Waals surface area contributed by atoms with Crippen LogP contribution in [0.4, 0.5) is 36.4 Å². The van der Waals surface area contributed by atoms with Crippen LogP contribution in [-0.4, -0.2) is 35.4 Å². The highest BCUT2D eigenvalue weighted by Gasteiger charge is 2.37. The number of anilines is 1. The van der Waals surface area contributed by atoms with Crippen molar-refractivity contribution in [1.82, 2.24) is 4.90 Å². The van der Waals surface area contributed by atoms with Gasteiger partial charge in [0.05, 0.1) is 5.56 Å². The number of allylic oxidation sites excluding steroid dienone is 1. The van der Waals surface area contributed by atoms with E-state index in [1.807, 2.05) is 0 Å². The lowest BCUT2D eigenvalue weighted by Crippen LogP contribution is -2.37. The molecule has 1 aliphatic heterocycles. The first-order chi connectivity index (χ1) is 12.4. The third kappa shape index (κ3) is 5.20. The number of nitrogens with one attached hydrogen (secondary N) is 1. The van der Waals surface area contributed by atoms with Gasteiger partial charge in [0.2, 0.25) is 5.91 Å². The SMILES string of the molecule is O=C(Nc1ccc(F)c(C(F)(F)F)c1)[C@H]1CCCN1/C=C/C(=O)C(F)(F)F. The maximum absolute atomic E-state index is 13.3. The fraction of sp³-hybridized carbons (Fsp3) is 0.375. The average Bonchev–Trinajstić information content (AvgIpc) is 3.01. The van der Waals surface area contributed by atoms with Crippen LogP contribution in [0.15, 0.2) is 30.5 Å². The Balaban J connectivity index is 2.11. The molecular weight excluding hydrogens is 385 g/mol. The first kappa shape index (κ1) is 20.7. The molecule has 0 aromatic heterocycles. The fourth-order valence-electron chi connectivity index (χ4n) is 2.55. The van der Waals surface area contributed by atoms with Crippen LogP contribution in [-0.2, 0) is 15.8 Å². The van der Waals surface area contributed by atoms with Gasteiger partial charge in [0.15, 0.2) is 0 Å². The molecule has 0 aliphatic carbocycles. The number of nitrogens with zero attached hydrogens (tertiary/aromatic N) is 1. The van der Waals surface area contributed by atoms with Crippen molar-refractivity contribution < 1.29 is 40.3 Å². The van der Waals surface area contributed by atoms with E-state index in [1.54, 1.807) is 0 Å². The summed E-state index contributed by atoms with van der Waals surface area (Å²) in [7, 11) is 0. The smallest absolute Gasteiger partial charge is 0.365 e. The van der Waals surface area contributed by atoms with E-state index in [4.69, 9.17) is 0 Å². The highest BCUT2D eigenvalue weighted by Crippen LogP contribution is 2.33. The zero-order valence-electron chi connectivity index (χ0n) is 13.5. The molecule has 1 aromatic rings. The van der Waals surface area contributed by atoms with Gasteiger partial charge in [-0.05, 0) is 31.0 Å². The summed E-state index contributed by atoms with van der Waals surface area (Å²) in [6.07, 6.45) is -8.23. The van der Waals surface area contributed by atoms with Crippen molar-refractivity contribution in [2.45, 2.75) is 31.2 Å². The predicted octanol–water partition coefficient (Wildman–Crippen LogP) is 3.89. The summed E-state index contributed by atoms with van der Waals surface area (Å²) in [6.45, 7) is 0.191. The quantitative estimate of drug-likeness (QED) is 0.619. The second-order valence-corrected chi connectivity index (χ2v) is 5.76. The normalized spacial score (nSPS) is 18.2. The molecule has 1 atom stereocenters. The lowest BCUT2D eigenvalue weighted by atomic mass is 10.1. The van der Waals surface area contributed by atoms with Crippen LogP contribution in [0.5, 0.6) is 0 Å². The third-order valence-electron chi connectivity index (χ3n) is 3.83. The molecule has 11 heteroatoms. The van der Waals surface area contributed by atoms with E-state index in [1.165, 1.54) is 4.90 Å². The number of benzene rings is 1. The number of hydrogen-bond donors (Lipinski definition) is 1. The maximum Gasteiger partial charge on any atom is 0.454 e. The van der Waals surface area contributed by atoms with Crippen molar-refractivity contribution in [3.05, 3.63) is 41.9 Å². The number of halogens is 7. The highest BCUT2D eigenvalue weighted by molar-refractivity contribution is 5.96. The first-order valence-corrected chi connectivity index (χ1v) is 7.62. The molecule has 1 heterocycles. The van der Waals surface area contributed by atoms with Crippen molar-refractivity contribution in [2.75, 3.05) is 11.9 Å². The van der Waals surface area contributed by atoms with E-state index in [-0.39, 0.29) is 24.7 Å². The fourth-order valence-corrected chi connectivity index (χ4v) is 2.55. The molecule has 1 aromatic carbocycles. The summed E-state index contributed by atoms with van der Waals surface area (Å²) in [5, 5.41) is 2.18. The Labute approximate surface area is 148 Å². The zero-order valence-corrected chi connectivity index (χ0v) is 13.5. The molecule has 2 rings (SSSR count). The van der Waals surface area contributed by atoms with Crippen LogP contribution in [0.25, 0.3) is 0 Å². The Bertz CT molecular complexity index is 756. The van der Waals surface area contributed by atoms with Gasteiger partial charge in [0.1, 0.15) is 11.9 Å². The zero-order chi connectivity index (χ0) is 20.4. The minimum Gasteiger partial charge on any atom is -0.365 e. The molecule has 0 unspecified atom stereocenters. The van der Waals surface area contributed by atoms with E-state index >= 15 is 0 Å². The van der Waals surface area contributed by atoms with Gasteiger partial charge < -0.3 is 10.2 Å². The Morgan fingerprint density at radius 1 is 1.15 bits per heavy atom. The number of carbonyl (C=O) groups is 2. The van der Waals surface area contributed by atoms with Crippen molar-refractivity contribution in [1.29, 1.82) is 0 Å². The predicted molar refractivity (Wildman–Crippen MR) is 80.0 cm³/mol. The van der Waals surface area contributed by atoms with E-state index < -0.39 is 41.5 Å². The summed E-state index contributed by atoms with van der Waals surface area (Å²) in [5.74, 6) is -4.38. The molecule has 4 nitrogen and oxygen atoms in total. The van der Waals surface area contributed by atoms with E-state index in [2.05, 4.69) is 5.32 Å². The second kappa shape index (κ2) is 7.57. The Kier molecular flexibility index (Phi) is 5.81.